The summed E-state index contributed by atoms with van der Waals surface area (Å²) < 4.78 is 13.5. The van der Waals surface area contributed by atoms with Crippen LogP contribution in [0.25, 0.3) is 0 Å². The molecular formula is C17H28FN. The maximum Gasteiger partial charge on any atom is 0.146 e. The predicted octanol–water partition coefficient (Wildman–Crippen LogP) is 5.69. The van der Waals surface area contributed by atoms with E-state index in [4.69, 9.17) is 0 Å². The molecule has 1 aromatic rings. The number of aryl methyl sites for hydroxylation is 1. The highest BCUT2D eigenvalue weighted by Gasteiger charge is 2.00. The van der Waals surface area contributed by atoms with Gasteiger partial charge in [-0.25, -0.2) is 4.39 Å². The molecule has 0 amide bonds. The van der Waals surface area contributed by atoms with Crippen LogP contribution in [0.1, 0.15) is 63.9 Å². The van der Waals surface area contributed by atoms with Crippen LogP contribution in [-0.2, 0) is 0 Å². The Labute approximate surface area is 117 Å². The van der Waals surface area contributed by atoms with Crippen LogP contribution >= 0.6 is 0 Å². The van der Waals surface area contributed by atoms with Crippen LogP contribution in [-0.4, -0.2) is 6.54 Å². The van der Waals surface area contributed by atoms with Gasteiger partial charge in [-0.15, -0.1) is 0 Å². The van der Waals surface area contributed by atoms with Crippen LogP contribution in [0.3, 0.4) is 0 Å². The normalized spacial score (nSPS) is 10.7. The van der Waals surface area contributed by atoms with E-state index < -0.39 is 0 Å². The lowest BCUT2D eigenvalue weighted by Crippen LogP contribution is -2.03. The molecule has 0 saturated carbocycles. The maximum atomic E-state index is 13.5. The zero-order valence-electron chi connectivity index (χ0n) is 12.5. The highest BCUT2D eigenvalue weighted by molar-refractivity contribution is 5.46. The number of hydrogen-bond acceptors (Lipinski definition) is 1. The smallest absolute Gasteiger partial charge is 0.146 e. The van der Waals surface area contributed by atoms with Crippen molar-refractivity contribution in [1.29, 1.82) is 0 Å². The van der Waals surface area contributed by atoms with Crippen molar-refractivity contribution in [3.05, 3.63) is 29.6 Å². The zero-order chi connectivity index (χ0) is 13.9. The molecule has 0 aliphatic heterocycles. The minimum Gasteiger partial charge on any atom is -0.383 e. The molecule has 0 heterocycles. The van der Waals surface area contributed by atoms with Crippen molar-refractivity contribution in [2.45, 2.75) is 65.2 Å². The molecule has 0 aliphatic carbocycles. The first-order chi connectivity index (χ1) is 9.24. The largest absolute Gasteiger partial charge is 0.383 e. The minimum absolute atomic E-state index is 0.148. The van der Waals surface area contributed by atoms with Crippen LogP contribution in [0, 0.1) is 12.7 Å². The molecule has 1 aromatic carbocycles. The molecule has 2 heteroatoms. The summed E-state index contributed by atoms with van der Waals surface area (Å²) in [4.78, 5) is 0. The van der Waals surface area contributed by atoms with Crippen LogP contribution in [0.4, 0.5) is 10.1 Å². The topological polar surface area (TPSA) is 12.0 Å². The van der Waals surface area contributed by atoms with Crippen molar-refractivity contribution in [1.82, 2.24) is 0 Å². The quantitative estimate of drug-likeness (QED) is 0.536. The summed E-state index contributed by atoms with van der Waals surface area (Å²) in [6.45, 7) is 5.10. The van der Waals surface area contributed by atoms with Gasteiger partial charge >= 0.3 is 0 Å². The third kappa shape index (κ3) is 7.19. The lowest BCUT2D eigenvalue weighted by Gasteiger charge is -2.08. The first-order valence-corrected chi connectivity index (χ1v) is 7.74. The van der Waals surface area contributed by atoms with Crippen LogP contribution in [0.2, 0.25) is 0 Å². The van der Waals surface area contributed by atoms with Crippen molar-refractivity contribution in [2.24, 2.45) is 0 Å². The Balaban J connectivity index is 2.03. The molecule has 0 unspecified atom stereocenters. The van der Waals surface area contributed by atoms with Crippen molar-refractivity contribution in [2.75, 3.05) is 11.9 Å². The second-order valence-corrected chi connectivity index (χ2v) is 5.38. The summed E-state index contributed by atoms with van der Waals surface area (Å²) >= 11 is 0. The average Bonchev–Trinajstić information content (AvgIpc) is 2.40. The summed E-state index contributed by atoms with van der Waals surface area (Å²) in [5.74, 6) is -0.148. The van der Waals surface area contributed by atoms with Gasteiger partial charge in [-0.05, 0) is 31.0 Å². The first-order valence-electron chi connectivity index (χ1n) is 7.74. The first kappa shape index (κ1) is 16.0. The van der Waals surface area contributed by atoms with Gasteiger partial charge in [0.25, 0.3) is 0 Å². The van der Waals surface area contributed by atoms with Gasteiger partial charge in [0.1, 0.15) is 5.82 Å². The Morgan fingerprint density at radius 2 is 1.58 bits per heavy atom. The van der Waals surface area contributed by atoms with E-state index in [9.17, 15) is 4.39 Å². The summed E-state index contributed by atoms with van der Waals surface area (Å²) in [7, 11) is 0. The molecule has 1 nitrogen and oxygen atoms in total. The molecule has 0 aromatic heterocycles. The Kier molecular flexibility index (Phi) is 8.28. The monoisotopic (exact) mass is 265 g/mol. The molecular weight excluding hydrogens is 237 g/mol. The Hall–Kier alpha value is -1.05. The van der Waals surface area contributed by atoms with Gasteiger partial charge in [0.05, 0.1) is 5.69 Å². The summed E-state index contributed by atoms with van der Waals surface area (Å²) in [5, 5.41) is 3.19. The molecule has 0 radical (unpaired) electrons. The van der Waals surface area contributed by atoms with E-state index in [1.54, 1.807) is 6.07 Å². The molecule has 0 spiro atoms. The minimum atomic E-state index is -0.148. The third-order valence-corrected chi connectivity index (χ3v) is 3.47. The van der Waals surface area contributed by atoms with Crippen molar-refractivity contribution >= 4 is 5.69 Å². The number of hydrogen-bond donors (Lipinski definition) is 1. The number of anilines is 1. The Morgan fingerprint density at radius 3 is 2.26 bits per heavy atom. The summed E-state index contributed by atoms with van der Waals surface area (Å²) in [6.07, 6.45) is 10.4. The molecule has 0 aliphatic rings. The number of benzene rings is 1. The van der Waals surface area contributed by atoms with Crippen LogP contribution < -0.4 is 5.32 Å². The van der Waals surface area contributed by atoms with E-state index in [0.717, 1.165) is 18.5 Å². The van der Waals surface area contributed by atoms with Gasteiger partial charge in [0.2, 0.25) is 0 Å². The molecule has 1 N–H and O–H groups in total. The van der Waals surface area contributed by atoms with Gasteiger partial charge in [0, 0.05) is 6.54 Å². The van der Waals surface area contributed by atoms with Gasteiger partial charge < -0.3 is 5.32 Å². The number of halogens is 1. The van der Waals surface area contributed by atoms with Gasteiger partial charge in [-0.2, -0.15) is 0 Å². The number of unbranched alkanes of at least 4 members (excludes halogenated alkanes) is 7. The van der Waals surface area contributed by atoms with Gasteiger partial charge in [-0.1, -0.05) is 57.9 Å². The molecule has 0 bridgehead atoms. The molecule has 19 heavy (non-hydrogen) atoms. The van der Waals surface area contributed by atoms with E-state index >= 15 is 0 Å². The zero-order valence-corrected chi connectivity index (χ0v) is 12.5. The second kappa shape index (κ2) is 9.82. The summed E-state index contributed by atoms with van der Waals surface area (Å²) in [5.41, 5.74) is 1.74. The highest BCUT2D eigenvalue weighted by atomic mass is 19.1. The van der Waals surface area contributed by atoms with E-state index in [1.165, 1.54) is 51.0 Å². The average molecular weight is 265 g/mol. The van der Waals surface area contributed by atoms with Gasteiger partial charge in [-0.3, -0.25) is 0 Å². The van der Waals surface area contributed by atoms with Crippen LogP contribution in [0.5, 0.6) is 0 Å². The SMILES string of the molecule is CCCCCCCCCCNc1cc(C)ccc1F. The molecule has 0 atom stereocenters. The summed E-state index contributed by atoms with van der Waals surface area (Å²) in [6, 6.07) is 5.21. The number of nitrogens with one attached hydrogen (secondary N) is 1. The van der Waals surface area contributed by atoms with Gasteiger partial charge in [0.15, 0.2) is 0 Å². The third-order valence-electron chi connectivity index (χ3n) is 3.47. The molecule has 108 valence electrons. The van der Waals surface area contributed by atoms with E-state index in [1.807, 2.05) is 13.0 Å². The standard InChI is InChI=1S/C17H28FN/c1-3-4-5-6-7-8-9-10-13-19-17-14-15(2)11-12-16(17)18/h11-12,14,19H,3-10,13H2,1-2H3. The number of rotatable bonds is 10. The Morgan fingerprint density at radius 1 is 0.947 bits per heavy atom. The fraction of sp³-hybridized carbons (Fsp3) is 0.647. The maximum absolute atomic E-state index is 13.5. The van der Waals surface area contributed by atoms with E-state index in [-0.39, 0.29) is 5.82 Å². The second-order valence-electron chi connectivity index (χ2n) is 5.38. The fourth-order valence-electron chi connectivity index (χ4n) is 2.26. The predicted molar refractivity (Wildman–Crippen MR) is 82.2 cm³/mol. The lowest BCUT2D eigenvalue weighted by atomic mass is 10.1. The van der Waals surface area contributed by atoms with E-state index in [0.29, 0.717) is 5.69 Å². The molecule has 0 fully saturated rings. The highest BCUT2D eigenvalue weighted by Crippen LogP contribution is 2.16. The molecule has 0 saturated heterocycles. The molecule has 1 rings (SSSR count). The van der Waals surface area contributed by atoms with Crippen molar-refractivity contribution in [3.8, 4) is 0 Å². The van der Waals surface area contributed by atoms with Crippen LogP contribution in [0.15, 0.2) is 18.2 Å². The van der Waals surface area contributed by atoms with Crippen molar-refractivity contribution in [3.63, 3.8) is 0 Å². The Bertz CT molecular complexity index is 349. The fourth-order valence-corrected chi connectivity index (χ4v) is 2.26. The lowest BCUT2D eigenvalue weighted by molar-refractivity contribution is 0.580. The van der Waals surface area contributed by atoms with Crippen molar-refractivity contribution < 1.29 is 4.39 Å². The van der Waals surface area contributed by atoms with E-state index in [2.05, 4.69) is 12.2 Å².